The summed E-state index contributed by atoms with van der Waals surface area (Å²) in [5.41, 5.74) is 0.346. The van der Waals surface area contributed by atoms with Crippen LogP contribution in [-0.4, -0.2) is 61.4 Å². The maximum atomic E-state index is 11.6. The highest BCUT2D eigenvalue weighted by atomic mass is 32.2. The van der Waals surface area contributed by atoms with Crippen molar-refractivity contribution in [3.63, 3.8) is 0 Å². The zero-order valence-electron chi connectivity index (χ0n) is 11.2. The first-order valence-corrected chi connectivity index (χ1v) is 7.19. The largest absolute Gasteiger partial charge is 0.468 e. The summed E-state index contributed by atoms with van der Waals surface area (Å²) in [5, 5.41) is 0.542. The Labute approximate surface area is 120 Å². The van der Waals surface area contributed by atoms with Gasteiger partial charge in [0.2, 0.25) is 0 Å². The number of thioether (sulfide) groups is 1. The lowest BCUT2D eigenvalue weighted by atomic mass is 10.2. The fraction of sp³-hybridized carbons (Fsp3) is 0.500. The Hall–Kier alpha value is -1.67. The molecule has 0 aliphatic carbocycles. The Bertz CT molecular complexity index is 507. The molecule has 0 radical (unpaired) electrons. The van der Waals surface area contributed by atoms with E-state index in [1.807, 2.05) is 6.26 Å². The van der Waals surface area contributed by atoms with Gasteiger partial charge in [-0.25, -0.2) is 9.97 Å². The first-order chi connectivity index (χ1) is 9.69. The molecule has 0 saturated carbocycles. The summed E-state index contributed by atoms with van der Waals surface area (Å²) in [6.45, 7) is 1.01. The number of carbonyl (C=O) groups excluding carboxylic acids is 2. The third-order valence-electron chi connectivity index (χ3n) is 2.94. The minimum Gasteiger partial charge on any atom is -0.468 e. The minimum atomic E-state index is -0.391. The molecule has 7 nitrogen and oxygen atoms in total. The van der Waals surface area contributed by atoms with Crippen molar-refractivity contribution in [1.29, 1.82) is 0 Å². The van der Waals surface area contributed by atoms with Crippen molar-refractivity contribution >= 4 is 29.8 Å². The number of esters is 1. The lowest BCUT2D eigenvalue weighted by molar-refractivity contribution is -0.139. The van der Waals surface area contributed by atoms with Crippen molar-refractivity contribution < 1.29 is 19.1 Å². The van der Waals surface area contributed by atoms with Crippen LogP contribution < -0.4 is 4.90 Å². The van der Waals surface area contributed by atoms with Gasteiger partial charge in [-0.3, -0.25) is 9.59 Å². The summed E-state index contributed by atoms with van der Waals surface area (Å²) in [7, 11) is 1.33. The first kappa shape index (κ1) is 14.7. The number of hydrogen-bond donors (Lipinski definition) is 0. The van der Waals surface area contributed by atoms with Crippen molar-refractivity contribution in [2.45, 2.75) is 11.2 Å². The van der Waals surface area contributed by atoms with Crippen molar-refractivity contribution in [3.05, 3.63) is 11.8 Å². The van der Waals surface area contributed by atoms with Gasteiger partial charge in [-0.15, -0.1) is 0 Å². The Morgan fingerprint density at radius 3 is 2.90 bits per heavy atom. The molecule has 0 bridgehead atoms. The second-order valence-corrected chi connectivity index (χ2v) is 4.92. The maximum Gasteiger partial charge on any atom is 0.325 e. The molecular weight excluding hydrogens is 282 g/mol. The van der Waals surface area contributed by atoms with Crippen LogP contribution in [0, 0.1) is 0 Å². The normalized spacial score (nSPS) is 14.5. The zero-order chi connectivity index (χ0) is 14.5. The zero-order valence-corrected chi connectivity index (χ0v) is 12.1. The SMILES string of the molecule is COC(=O)CN(c1nc(SC)ncc1C=O)C1COC1. The van der Waals surface area contributed by atoms with Crippen LogP contribution in [0.3, 0.4) is 0 Å². The average Bonchev–Trinajstić information content (AvgIpc) is 2.43. The highest BCUT2D eigenvalue weighted by Gasteiger charge is 2.30. The molecule has 1 aliphatic rings. The van der Waals surface area contributed by atoms with E-state index in [-0.39, 0.29) is 12.6 Å². The molecule has 1 saturated heterocycles. The molecule has 0 atom stereocenters. The average molecular weight is 297 g/mol. The van der Waals surface area contributed by atoms with Gasteiger partial charge in [-0.2, -0.15) is 0 Å². The Balaban J connectivity index is 2.35. The van der Waals surface area contributed by atoms with Crippen LogP contribution in [0.5, 0.6) is 0 Å². The van der Waals surface area contributed by atoms with E-state index >= 15 is 0 Å². The molecule has 0 spiro atoms. The second-order valence-electron chi connectivity index (χ2n) is 4.15. The molecule has 2 heterocycles. The molecule has 8 heteroatoms. The van der Waals surface area contributed by atoms with Gasteiger partial charge in [0.25, 0.3) is 0 Å². The summed E-state index contributed by atoms with van der Waals surface area (Å²) in [5.74, 6) is 0.0520. The van der Waals surface area contributed by atoms with Gasteiger partial charge in [0.15, 0.2) is 11.4 Å². The number of carbonyl (C=O) groups is 2. The van der Waals surface area contributed by atoms with Gasteiger partial charge >= 0.3 is 5.97 Å². The molecular formula is C12H15N3O4S. The van der Waals surface area contributed by atoms with Gasteiger partial charge in [0, 0.05) is 6.20 Å². The van der Waals surface area contributed by atoms with Crippen molar-refractivity contribution in [3.8, 4) is 0 Å². The smallest absolute Gasteiger partial charge is 0.325 e. The standard InChI is InChI=1S/C12H15N3O4S/c1-18-10(17)4-15(9-6-19-7-9)11-8(5-16)3-13-12(14-11)20-2/h3,5,9H,4,6-7H2,1-2H3. The van der Waals surface area contributed by atoms with Crippen LogP contribution in [0.25, 0.3) is 0 Å². The van der Waals surface area contributed by atoms with Gasteiger partial charge < -0.3 is 14.4 Å². The van der Waals surface area contributed by atoms with Crippen LogP contribution in [-0.2, 0) is 14.3 Å². The van der Waals surface area contributed by atoms with Crippen LogP contribution in [0.1, 0.15) is 10.4 Å². The number of methoxy groups -OCH3 is 1. The van der Waals surface area contributed by atoms with E-state index in [4.69, 9.17) is 9.47 Å². The number of hydrogen-bond acceptors (Lipinski definition) is 8. The topological polar surface area (TPSA) is 81.6 Å². The van der Waals surface area contributed by atoms with Crippen molar-refractivity contribution in [2.24, 2.45) is 0 Å². The number of aromatic nitrogens is 2. The summed E-state index contributed by atoms with van der Waals surface area (Å²) < 4.78 is 9.84. The van der Waals surface area contributed by atoms with Crippen LogP contribution in [0.15, 0.2) is 11.4 Å². The van der Waals surface area contributed by atoms with Gasteiger partial charge in [-0.1, -0.05) is 11.8 Å². The molecule has 2 rings (SSSR count). The molecule has 1 aromatic heterocycles. The van der Waals surface area contributed by atoms with Gasteiger partial charge in [0.05, 0.1) is 31.9 Å². The van der Waals surface area contributed by atoms with E-state index < -0.39 is 5.97 Å². The monoisotopic (exact) mass is 297 g/mol. The highest BCUT2D eigenvalue weighted by Crippen LogP contribution is 2.24. The summed E-state index contributed by atoms with van der Waals surface area (Å²) in [6, 6.07) is 0.0115. The highest BCUT2D eigenvalue weighted by molar-refractivity contribution is 7.98. The maximum absolute atomic E-state index is 11.6. The Morgan fingerprint density at radius 1 is 1.65 bits per heavy atom. The quantitative estimate of drug-likeness (QED) is 0.323. The predicted octanol–water partition coefficient (Wildman–Crippen LogP) is 0.389. The number of aldehydes is 1. The van der Waals surface area contributed by atoms with E-state index in [1.54, 1.807) is 4.90 Å². The minimum absolute atomic E-state index is 0.0115. The summed E-state index contributed by atoms with van der Waals surface area (Å²) >= 11 is 1.37. The molecule has 20 heavy (non-hydrogen) atoms. The third-order valence-corrected chi connectivity index (χ3v) is 3.51. The molecule has 0 unspecified atom stereocenters. The van der Waals surface area contributed by atoms with Crippen LogP contribution in [0.2, 0.25) is 0 Å². The molecule has 0 aromatic carbocycles. The molecule has 1 aromatic rings. The van der Waals surface area contributed by atoms with Crippen LogP contribution >= 0.6 is 11.8 Å². The third kappa shape index (κ3) is 3.07. The number of ether oxygens (including phenoxy) is 2. The fourth-order valence-corrected chi connectivity index (χ4v) is 2.10. The first-order valence-electron chi connectivity index (χ1n) is 5.97. The summed E-state index contributed by atoms with van der Waals surface area (Å²) in [6.07, 6.45) is 3.99. The van der Waals surface area contributed by atoms with E-state index in [0.29, 0.717) is 36.0 Å². The lowest BCUT2D eigenvalue weighted by Gasteiger charge is -2.37. The molecule has 0 amide bonds. The Morgan fingerprint density at radius 2 is 2.40 bits per heavy atom. The lowest BCUT2D eigenvalue weighted by Crippen LogP contribution is -2.52. The van der Waals surface area contributed by atoms with E-state index in [2.05, 4.69) is 9.97 Å². The fourth-order valence-electron chi connectivity index (χ4n) is 1.76. The number of rotatable bonds is 6. The molecule has 1 fully saturated rings. The molecule has 1 aliphatic heterocycles. The Kier molecular flexibility index (Phi) is 4.91. The van der Waals surface area contributed by atoms with E-state index in [9.17, 15) is 9.59 Å². The van der Waals surface area contributed by atoms with Crippen molar-refractivity contribution in [2.75, 3.05) is 38.0 Å². The molecule has 108 valence electrons. The van der Waals surface area contributed by atoms with E-state index in [0.717, 1.165) is 0 Å². The second kappa shape index (κ2) is 6.67. The van der Waals surface area contributed by atoms with Gasteiger partial charge in [-0.05, 0) is 6.26 Å². The van der Waals surface area contributed by atoms with Gasteiger partial charge in [0.1, 0.15) is 12.4 Å². The van der Waals surface area contributed by atoms with Crippen molar-refractivity contribution in [1.82, 2.24) is 9.97 Å². The predicted molar refractivity (Wildman–Crippen MR) is 73.2 cm³/mol. The number of nitrogens with zero attached hydrogens (tertiary/aromatic N) is 3. The summed E-state index contributed by atoms with van der Waals surface area (Å²) in [4.78, 5) is 32.8. The van der Waals surface area contributed by atoms with E-state index in [1.165, 1.54) is 25.1 Å². The molecule has 0 N–H and O–H groups in total. The van der Waals surface area contributed by atoms with Crippen LogP contribution in [0.4, 0.5) is 5.82 Å². The number of anilines is 1.